The first-order valence-electron chi connectivity index (χ1n) is 8.62. The zero-order valence-electron chi connectivity index (χ0n) is 15.0. The molecule has 142 valence electrons. The fourth-order valence-electron chi connectivity index (χ4n) is 2.79. The summed E-state index contributed by atoms with van der Waals surface area (Å²) in [5.41, 5.74) is 2.52. The topological polar surface area (TPSA) is 105 Å². The van der Waals surface area contributed by atoms with Crippen molar-refractivity contribution in [1.82, 2.24) is 4.31 Å². The Morgan fingerprint density at radius 1 is 1.35 bits per heavy atom. The Morgan fingerprint density at radius 3 is 2.65 bits per heavy atom. The summed E-state index contributed by atoms with van der Waals surface area (Å²) in [6.07, 6.45) is 8.84. The van der Waals surface area contributed by atoms with Gasteiger partial charge in [0.05, 0.1) is 9.82 Å². The second-order valence-corrected chi connectivity index (χ2v) is 7.90. The normalized spacial score (nSPS) is 17.7. The summed E-state index contributed by atoms with van der Waals surface area (Å²) in [7, 11) is -3.76. The van der Waals surface area contributed by atoms with Crippen LogP contribution in [0.25, 0.3) is 0 Å². The second kappa shape index (κ2) is 8.91. The minimum absolute atomic E-state index is 0.0974. The first-order valence-corrected chi connectivity index (χ1v) is 10.1. The van der Waals surface area contributed by atoms with E-state index in [0.717, 1.165) is 25.3 Å². The van der Waals surface area contributed by atoms with E-state index < -0.39 is 14.9 Å². The van der Waals surface area contributed by atoms with Crippen molar-refractivity contribution in [2.45, 2.75) is 38.0 Å². The fourth-order valence-corrected chi connectivity index (χ4v) is 4.27. The van der Waals surface area contributed by atoms with Gasteiger partial charge in [-0.1, -0.05) is 26.0 Å². The molecule has 1 N–H and O–H groups in total. The zero-order valence-corrected chi connectivity index (χ0v) is 15.8. The van der Waals surface area contributed by atoms with E-state index in [-0.39, 0.29) is 16.3 Å². The Bertz CT molecular complexity index is 801. The van der Waals surface area contributed by atoms with Crippen LogP contribution in [-0.2, 0) is 10.0 Å². The lowest BCUT2D eigenvalue weighted by molar-refractivity contribution is -0.384. The van der Waals surface area contributed by atoms with Crippen LogP contribution >= 0.6 is 0 Å². The lowest BCUT2D eigenvalue weighted by atomic mass is 9.96. The molecule has 0 spiro atoms. The average Bonchev–Trinajstić information content (AvgIpc) is 2.63. The number of nitrogens with one attached hydrogen (secondary N) is 1. The Labute approximate surface area is 153 Å². The van der Waals surface area contributed by atoms with E-state index in [9.17, 15) is 18.5 Å². The standard InChI is InChI=1S/C17H24N4O4S/c1-3-20(4-2)26(24,25)15-10-11-16(17(12-15)21(22)23)19-18-13-14-8-6-5-7-9-14/h5-6,10-14,19H,3-4,7-9H2,1-2H3/b18-13+. The summed E-state index contributed by atoms with van der Waals surface area (Å²) >= 11 is 0. The molecule has 0 saturated heterocycles. The Balaban J connectivity index is 2.24. The first-order chi connectivity index (χ1) is 12.4. The number of hydrazone groups is 1. The average molecular weight is 380 g/mol. The Morgan fingerprint density at radius 2 is 2.08 bits per heavy atom. The first kappa shape index (κ1) is 20.1. The van der Waals surface area contributed by atoms with Crippen molar-refractivity contribution < 1.29 is 13.3 Å². The van der Waals surface area contributed by atoms with E-state index >= 15 is 0 Å². The third kappa shape index (κ3) is 4.67. The molecule has 8 nitrogen and oxygen atoms in total. The number of hydrogen-bond acceptors (Lipinski definition) is 6. The molecule has 0 radical (unpaired) electrons. The maximum absolute atomic E-state index is 12.5. The number of nitro groups is 1. The zero-order chi connectivity index (χ0) is 19.2. The van der Waals surface area contributed by atoms with Gasteiger partial charge in [-0.15, -0.1) is 0 Å². The summed E-state index contributed by atoms with van der Waals surface area (Å²) in [5, 5.41) is 15.5. The molecule has 1 atom stereocenters. The molecule has 9 heteroatoms. The van der Waals surface area contributed by atoms with Crippen LogP contribution in [0, 0.1) is 16.0 Å². The number of allylic oxidation sites excluding steroid dienone is 2. The third-order valence-corrected chi connectivity index (χ3v) is 6.33. The van der Waals surface area contributed by atoms with Gasteiger partial charge in [-0.05, 0) is 37.3 Å². The van der Waals surface area contributed by atoms with Crippen LogP contribution < -0.4 is 5.43 Å². The lowest BCUT2D eigenvalue weighted by Crippen LogP contribution is -2.30. The lowest BCUT2D eigenvalue weighted by Gasteiger charge is -2.18. The molecule has 1 aliphatic carbocycles. The van der Waals surface area contributed by atoms with Gasteiger partial charge in [0, 0.05) is 25.4 Å². The van der Waals surface area contributed by atoms with Crippen molar-refractivity contribution >= 4 is 27.6 Å². The molecule has 1 aromatic carbocycles. The number of nitro benzene ring substituents is 1. The molecule has 0 amide bonds. The largest absolute Gasteiger partial charge is 0.295 e. The minimum atomic E-state index is -3.76. The highest BCUT2D eigenvalue weighted by Crippen LogP contribution is 2.29. The van der Waals surface area contributed by atoms with Crippen LogP contribution in [0.5, 0.6) is 0 Å². The maximum atomic E-state index is 12.5. The molecule has 2 rings (SSSR count). The third-order valence-electron chi connectivity index (χ3n) is 4.29. The maximum Gasteiger partial charge on any atom is 0.295 e. The summed E-state index contributed by atoms with van der Waals surface area (Å²) in [5.74, 6) is 0.300. The van der Waals surface area contributed by atoms with Gasteiger partial charge in [0.2, 0.25) is 10.0 Å². The van der Waals surface area contributed by atoms with Crippen LogP contribution in [0.15, 0.2) is 40.3 Å². The van der Waals surface area contributed by atoms with Gasteiger partial charge in [-0.25, -0.2) is 8.42 Å². The molecular formula is C17H24N4O4S. The summed E-state index contributed by atoms with van der Waals surface area (Å²) in [6, 6.07) is 3.82. The van der Waals surface area contributed by atoms with Crippen LogP contribution in [-0.4, -0.2) is 37.0 Å². The SMILES string of the molecule is CCN(CC)S(=O)(=O)c1ccc(N/N=C/C2CC=CCC2)c([N+](=O)[O-])c1. The van der Waals surface area contributed by atoms with Crippen LogP contribution in [0.3, 0.4) is 0 Å². The predicted octanol–water partition coefficient (Wildman–Crippen LogP) is 3.38. The van der Waals surface area contributed by atoms with Crippen molar-refractivity contribution in [2.75, 3.05) is 18.5 Å². The summed E-state index contributed by atoms with van der Waals surface area (Å²) in [6.45, 7) is 4.04. The van der Waals surface area contributed by atoms with Gasteiger partial charge in [0.1, 0.15) is 5.69 Å². The van der Waals surface area contributed by atoms with Crippen molar-refractivity contribution in [3.63, 3.8) is 0 Å². The number of benzene rings is 1. The van der Waals surface area contributed by atoms with Crippen molar-refractivity contribution in [3.8, 4) is 0 Å². The van der Waals surface area contributed by atoms with Gasteiger partial charge < -0.3 is 0 Å². The van der Waals surface area contributed by atoms with Gasteiger partial charge in [0.15, 0.2) is 0 Å². The van der Waals surface area contributed by atoms with Crippen molar-refractivity contribution in [1.29, 1.82) is 0 Å². The van der Waals surface area contributed by atoms with E-state index in [0.29, 0.717) is 19.0 Å². The van der Waals surface area contributed by atoms with Gasteiger partial charge in [-0.2, -0.15) is 9.41 Å². The van der Waals surface area contributed by atoms with E-state index in [4.69, 9.17) is 0 Å². The Kier molecular flexibility index (Phi) is 6.87. The van der Waals surface area contributed by atoms with E-state index in [1.165, 1.54) is 16.4 Å². The number of anilines is 1. The molecule has 0 fully saturated rings. The summed E-state index contributed by atoms with van der Waals surface area (Å²) < 4.78 is 26.4. The molecule has 26 heavy (non-hydrogen) atoms. The molecule has 1 aromatic rings. The number of nitrogens with zero attached hydrogens (tertiary/aromatic N) is 3. The molecule has 1 unspecified atom stereocenters. The number of sulfonamides is 1. The van der Waals surface area contributed by atoms with E-state index in [1.54, 1.807) is 20.1 Å². The second-order valence-electron chi connectivity index (χ2n) is 5.96. The summed E-state index contributed by atoms with van der Waals surface area (Å²) in [4.78, 5) is 10.7. The number of hydrogen-bond donors (Lipinski definition) is 1. The fraction of sp³-hybridized carbons (Fsp3) is 0.471. The predicted molar refractivity (Wildman–Crippen MR) is 102 cm³/mol. The molecule has 0 saturated carbocycles. The smallest absolute Gasteiger partial charge is 0.272 e. The molecule has 0 bridgehead atoms. The highest BCUT2D eigenvalue weighted by Gasteiger charge is 2.25. The molecule has 0 aliphatic heterocycles. The highest BCUT2D eigenvalue weighted by molar-refractivity contribution is 7.89. The monoisotopic (exact) mass is 380 g/mol. The van der Waals surface area contributed by atoms with Crippen molar-refractivity contribution in [3.05, 3.63) is 40.5 Å². The minimum Gasteiger partial charge on any atom is -0.272 e. The van der Waals surface area contributed by atoms with Crippen molar-refractivity contribution in [2.24, 2.45) is 11.0 Å². The van der Waals surface area contributed by atoms with Crippen LogP contribution in [0.2, 0.25) is 0 Å². The molecule has 0 heterocycles. The van der Waals surface area contributed by atoms with Gasteiger partial charge in [0.25, 0.3) is 5.69 Å². The molecule has 1 aliphatic rings. The van der Waals surface area contributed by atoms with Gasteiger partial charge >= 0.3 is 0 Å². The van der Waals surface area contributed by atoms with E-state index in [1.807, 2.05) is 0 Å². The molecular weight excluding hydrogens is 356 g/mol. The van der Waals surface area contributed by atoms with Gasteiger partial charge in [-0.3, -0.25) is 15.5 Å². The van der Waals surface area contributed by atoms with Crippen LogP contribution in [0.1, 0.15) is 33.1 Å². The quantitative estimate of drug-likeness (QED) is 0.322. The highest BCUT2D eigenvalue weighted by atomic mass is 32.2. The Hall–Kier alpha value is -2.26. The molecule has 0 aromatic heterocycles. The number of rotatable bonds is 8. The van der Waals surface area contributed by atoms with Crippen LogP contribution in [0.4, 0.5) is 11.4 Å². The van der Waals surface area contributed by atoms with E-state index in [2.05, 4.69) is 22.7 Å².